The Morgan fingerprint density at radius 1 is 0.952 bits per heavy atom. The van der Waals surface area contributed by atoms with Crippen molar-refractivity contribution in [2.24, 2.45) is 0 Å². The van der Waals surface area contributed by atoms with Crippen molar-refractivity contribution in [3.63, 3.8) is 0 Å². The molecule has 0 radical (unpaired) electrons. The number of phenolic OH excluding ortho intramolecular Hbond substituents is 2. The molecule has 0 heterocycles. The van der Waals surface area contributed by atoms with Crippen LogP contribution in [-0.2, 0) is 11.8 Å². The van der Waals surface area contributed by atoms with Crippen molar-refractivity contribution >= 4 is 0 Å². The van der Waals surface area contributed by atoms with E-state index in [1.54, 1.807) is 25.1 Å². The van der Waals surface area contributed by atoms with Gasteiger partial charge in [0.25, 0.3) is 0 Å². The van der Waals surface area contributed by atoms with Crippen LogP contribution in [0.15, 0.2) is 42.5 Å². The monoisotopic (exact) mass is 286 g/mol. The molecule has 0 amide bonds. The molecule has 3 nitrogen and oxygen atoms in total. The van der Waals surface area contributed by atoms with Gasteiger partial charge in [-0.3, -0.25) is 0 Å². The van der Waals surface area contributed by atoms with Crippen LogP contribution >= 0.6 is 0 Å². The Bertz CT molecular complexity index is 613. The molecule has 3 heteroatoms. The molecule has 2 aromatic rings. The first-order valence-corrected chi connectivity index (χ1v) is 7.10. The van der Waals surface area contributed by atoms with E-state index in [-0.39, 0.29) is 16.9 Å². The van der Waals surface area contributed by atoms with Gasteiger partial charge in [0.15, 0.2) is 0 Å². The van der Waals surface area contributed by atoms with Gasteiger partial charge in [-0.25, -0.2) is 0 Å². The highest BCUT2D eigenvalue weighted by atomic mass is 16.3. The van der Waals surface area contributed by atoms with E-state index in [9.17, 15) is 15.3 Å². The number of phenols is 2. The molecule has 0 saturated heterocycles. The zero-order valence-electron chi connectivity index (χ0n) is 12.7. The summed E-state index contributed by atoms with van der Waals surface area (Å²) in [7, 11) is 0. The molecular formula is C18H22O3. The second-order valence-corrected chi connectivity index (χ2v) is 6.07. The summed E-state index contributed by atoms with van der Waals surface area (Å²) in [6.45, 7) is 5.90. The molecule has 21 heavy (non-hydrogen) atoms. The third-order valence-electron chi connectivity index (χ3n) is 3.91. The van der Waals surface area contributed by atoms with Crippen LogP contribution in [-0.4, -0.2) is 21.4 Å². The SMILES string of the molecule is CC(O)Cc1cc(C(C)(C)c2ccc(O)cc2)ccc1O. The van der Waals surface area contributed by atoms with E-state index in [0.717, 1.165) is 16.7 Å². The maximum Gasteiger partial charge on any atom is 0.118 e. The molecule has 0 spiro atoms. The van der Waals surface area contributed by atoms with Gasteiger partial charge in [0, 0.05) is 11.8 Å². The highest BCUT2D eigenvalue weighted by molar-refractivity contribution is 5.45. The number of rotatable bonds is 4. The van der Waals surface area contributed by atoms with Gasteiger partial charge in [-0.05, 0) is 41.8 Å². The van der Waals surface area contributed by atoms with Crippen molar-refractivity contribution in [1.29, 1.82) is 0 Å². The summed E-state index contributed by atoms with van der Waals surface area (Å²) in [6, 6.07) is 12.7. The molecule has 1 atom stereocenters. The van der Waals surface area contributed by atoms with Crippen molar-refractivity contribution in [1.82, 2.24) is 0 Å². The molecule has 0 aromatic heterocycles. The van der Waals surface area contributed by atoms with E-state index in [0.29, 0.717) is 6.42 Å². The highest BCUT2D eigenvalue weighted by Crippen LogP contribution is 2.34. The van der Waals surface area contributed by atoms with Crippen LogP contribution in [0.1, 0.15) is 37.5 Å². The maximum atomic E-state index is 9.91. The molecule has 2 rings (SSSR count). The van der Waals surface area contributed by atoms with E-state index in [1.165, 1.54) is 0 Å². The number of aliphatic hydroxyl groups is 1. The zero-order chi connectivity index (χ0) is 15.6. The van der Waals surface area contributed by atoms with Crippen LogP contribution in [0.4, 0.5) is 0 Å². The largest absolute Gasteiger partial charge is 0.508 e. The first kappa shape index (κ1) is 15.4. The summed E-state index contributed by atoms with van der Waals surface area (Å²) in [5.41, 5.74) is 2.62. The molecular weight excluding hydrogens is 264 g/mol. The third kappa shape index (κ3) is 3.37. The van der Waals surface area contributed by atoms with Gasteiger partial charge in [0.2, 0.25) is 0 Å². The quantitative estimate of drug-likeness (QED) is 0.807. The lowest BCUT2D eigenvalue weighted by molar-refractivity contribution is 0.194. The molecule has 112 valence electrons. The van der Waals surface area contributed by atoms with Gasteiger partial charge < -0.3 is 15.3 Å². The van der Waals surface area contributed by atoms with Crippen LogP contribution in [0.3, 0.4) is 0 Å². The van der Waals surface area contributed by atoms with Crippen molar-refractivity contribution in [3.8, 4) is 11.5 Å². The van der Waals surface area contributed by atoms with Gasteiger partial charge in [-0.2, -0.15) is 0 Å². The van der Waals surface area contributed by atoms with E-state index >= 15 is 0 Å². The first-order valence-electron chi connectivity index (χ1n) is 7.10. The molecule has 0 aliphatic carbocycles. The Hall–Kier alpha value is -2.00. The smallest absolute Gasteiger partial charge is 0.118 e. The molecule has 3 N–H and O–H groups in total. The molecule has 0 saturated carbocycles. The molecule has 0 bridgehead atoms. The van der Waals surface area contributed by atoms with E-state index in [1.807, 2.05) is 24.3 Å². The summed E-state index contributed by atoms with van der Waals surface area (Å²) in [6.07, 6.45) is -0.0753. The topological polar surface area (TPSA) is 60.7 Å². The average molecular weight is 286 g/mol. The Morgan fingerprint density at radius 2 is 1.52 bits per heavy atom. The fourth-order valence-electron chi connectivity index (χ4n) is 2.50. The van der Waals surface area contributed by atoms with Gasteiger partial charge in [-0.15, -0.1) is 0 Å². The molecule has 2 aromatic carbocycles. The van der Waals surface area contributed by atoms with Crippen LogP contribution in [0.25, 0.3) is 0 Å². The summed E-state index contributed by atoms with van der Waals surface area (Å²) >= 11 is 0. The predicted molar refractivity (Wildman–Crippen MR) is 83.7 cm³/mol. The highest BCUT2D eigenvalue weighted by Gasteiger charge is 2.24. The lowest BCUT2D eigenvalue weighted by Crippen LogP contribution is -2.19. The van der Waals surface area contributed by atoms with E-state index in [2.05, 4.69) is 13.8 Å². The fourth-order valence-corrected chi connectivity index (χ4v) is 2.50. The fraction of sp³-hybridized carbons (Fsp3) is 0.333. The number of hydrogen-bond donors (Lipinski definition) is 3. The Kier molecular flexibility index (Phi) is 4.24. The van der Waals surface area contributed by atoms with Crippen molar-refractivity contribution in [3.05, 3.63) is 59.2 Å². The lowest BCUT2D eigenvalue weighted by Gasteiger charge is -2.27. The van der Waals surface area contributed by atoms with Crippen molar-refractivity contribution in [2.75, 3.05) is 0 Å². The normalized spacial score (nSPS) is 13.1. The van der Waals surface area contributed by atoms with Crippen molar-refractivity contribution < 1.29 is 15.3 Å². The van der Waals surface area contributed by atoms with Crippen LogP contribution < -0.4 is 0 Å². The second-order valence-electron chi connectivity index (χ2n) is 6.07. The summed E-state index contributed by atoms with van der Waals surface area (Å²) in [5.74, 6) is 0.455. The van der Waals surface area contributed by atoms with Gasteiger partial charge in [-0.1, -0.05) is 38.1 Å². The molecule has 1 unspecified atom stereocenters. The first-order chi connectivity index (χ1) is 9.80. The zero-order valence-corrected chi connectivity index (χ0v) is 12.7. The van der Waals surface area contributed by atoms with E-state index < -0.39 is 6.10 Å². The second kappa shape index (κ2) is 5.78. The molecule has 0 aliphatic rings. The minimum atomic E-state index is -0.497. The third-order valence-corrected chi connectivity index (χ3v) is 3.91. The van der Waals surface area contributed by atoms with Gasteiger partial charge in [0.1, 0.15) is 11.5 Å². The number of aromatic hydroxyl groups is 2. The number of benzene rings is 2. The summed E-state index contributed by atoms with van der Waals surface area (Å²) < 4.78 is 0. The Morgan fingerprint density at radius 3 is 2.10 bits per heavy atom. The van der Waals surface area contributed by atoms with Crippen LogP contribution in [0.5, 0.6) is 11.5 Å². The molecule has 0 fully saturated rings. The van der Waals surface area contributed by atoms with Crippen LogP contribution in [0.2, 0.25) is 0 Å². The van der Waals surface area contributed by atoms with E-state index in [4.69, 9.17) is 0 Å². The maximum absolute atomic E-state index is 9.91. The summed E-state index contributed by atoms with van der Waals surface area (Å²) in [5, 5.41) is 28.9. The Labute approximate surface area is 125 Å². The predicted octanol–water partition coefficient (Wildman–Crippen LogP) is 3.35. The minimum Gasteiger partial charge on any atom is -0.508 e. The van der Waals surface area contributed by atoms with Gasteiger partial charge in [0.05, 0.1) is 6.10 Å². The average Bonchev–Trinajstić information content (AvgIpc) is 2.41. The lowest BCUT2D eigenvalue weighted by atomic mass is 9.77. The van der Waals surface area contributed by atoms with Crippen molar-refractivity contribution in [2.45, 2.75) is 38.7 Å². The number of aliphatic hydroxyl groups excluding tert-OH is 1. The summed E-state index contributed by atoms with van der Waals surface area (Å²) in [4.78, 5) is 0. The van der Waals surface area contributed by atoms with Crippen LogP contribution in [0, 0.1) is 0 Å². The Balaban J connectivity index is 2.42. The molecule has 0 aliphatic heterocycles. The van der Waals surface area contributed by atoms with Gasteiger partial charge >= 0.3 is 0 Å². The standard InChI is InChI=1S/C18H22O3/c1-12(19)10-13-11-15(6-9-17(13)21)18(2,3)14-4-7-16(20)8-5-14/h4-9,11-12,19-21H,10H2,1-3H3. The minimum absolute atomic E-state index is 0.209. The number of hydrogen-bond acceptors (Lipinski definition) is 3.